The van der Waals surface area contributed by atoms with E-state index in [1.54, 1.807) is 0 Å². The molecule has 1 aromatic heterocycles. The van der Waals surface area contributed by atoms with E-state index in [9.17, 15) is 0 Å². The number of rotatable bonds is 3. The number of hydrogen-bond donors (Lipinski definition) is 1. The number of benzene rings is 1. The van der Waals surface area contributed by atoms with Gasteiger partial charge in [-0.15, -0.1) is 0 Å². The maximum Gasteiger partial charge on any atom is 0.160 e. The van der Waals surface area contributed by atoms with E-state index in [2.05, 4.69) is 29.1 Å². The number of aromatic nitrogens is 2. The van der Waals surface area contributed by atoms with Crippen molar-refractivity contribution in [2.45, 2.75) is 39.5 Å². The molecule has 0 atom stereocenters. The van der Waals surface area contributed by atoms with E-state index in [-0.39, 0.29) is 0 Å². The Balaban J connectivity index is 1.87. The zero-order chi connectivity index (χ0) is 14.2. The summed E-state index contributed by atoms with van der Waals surface area (Å²) in [6, 6.07) is 3.93. The Morgan fingerprint density at radius 3 is 2.45 bits per heavy atom. The van der Waals surface area contributed by atoms with Crippen molar-refractivity contribution in [2.75, 3.05) is 23.7 Å². The molecule has 0 unspecified atom stereocenters. The molecular formula is C15H22N4O. The molecule has 2 heterocycles. The molecule has 0 spiro atoms. The van der Waals surface area contributed by atoms with Crippen molar-refractivity contribution in [1.29, 1.82) is 0 Å². The molecule has 1 aliphatic rings. The van der Waals surface area contributed by atoms with Crippen molar-refractivity contribution in [3.05, 3.63) is 12.1 Å². The second kappa shape index (κ2) is 4.96. The molecule has 5 nitrogen and oxygen atoms in total. The fourth-order valence-electron chi connectivity index (χ4n) is 3.31. The summed E-state index contributed by atoms with van der Waals surface area (Å²) >= 11 is 0. The minimum absolute atomic E-state index is 0.519. The lowest BCUT2D eigenvalue weighted by Gasteiger charge is -2.42. The first-order valence-electron chi connectivity index (χ1n) is 7.45. The fraction of sp³-hybridized carbons (Fsp3) is 0.600. The Hall–Kier alpha value is -1.78. The van der Waals surface area contributed by atoms with E-state index in [1.807, 2.05) is 12.1 Å². The number of fused-ring (bicyclic) bond motifs is 1. The molecule has 108 valence electrons. The van der Waals surface area contributed by atoms with Crippen LogP contribution in [0.5, 0.6) is 0 Å². The van der Waals surface area contributed by atoms with Crippen LogP contribution in [0.4, 0.5) is 11.4 Å². The molecule has 0 radical (unpaired) electrons. The molecule has 3 rings (SSSR count). The quantitative estimate of drug-likeness (QED) is 0.870. The van der Waals surface area contributed by atoms with Gasteiger partial charge in [0.2, 0.25) is 0 Å². The van der Waals surface area contributed by atoms with Crippen molar-refractivity contribution in [1.82, 2.24) is 10.3 Å². The van der Waals surface area contributed by atoms with Gasteiger partial charge in [0, 0.05) is 13.1 Å². The molecule has 1 saturated heterocycles. The Morgan fingerprint density at radius 1 is 1.15 bits per heavy atom. The van der Waals surface area contributed by atoms with E-state index in [4.69, 9.17) is 10.4 Å². The minimum Gasteiger partial charge on any atom is -0.397 e. The number of nitrogens with zero attached hydrogens (tertiary/aromatic N) is 3. The van der Waals surface area contributed by atoms with Crippen LogP contribution < -0.4 is 10.6 Å². The molecule has 1 aliphatic heterocycles. The topological polar surface area (TPSA) is 68.2 Å². The van der Waals surface area contributed by atoms with Crippen LogP contribution in [-0.2, 0) is 0 Å². The smallest absolute Gasteiger partial charge is 0.160 e. The zero-order valence-corrected chi connectivity index (χ0v) is 12.2. The molecule has 5 heteroatoms. The van der Waals surface area contributed by atoms with Crippen LogP contribution in [0.25, 0.3) is 11.0 Å². The highest BCUT2D eigenvalue weighted by atomic mass is 16.6. The summed E-state index contributed by atoms with van der Waals surface area (Å²) in [5.41, 5.74) is 9.60. The predicted octanol–water partition coefficient (Wildman–Crippen LogP) is 3.21. The lowest BCUT2D eigenvalue weighted by molar-refractivity contribution is 0.199. The average molecular weight is 274 g/mol. The lowest BCUT2D eigenvalue weighted by atomic mass is 9.74. The Kier molecular flexibility index (Phi) is 3.28. The predicted molar refractivity (Wildman–Crippen MR) is 80.7 cm³/mol. The molecule has 0 aliphatic carbocycles. The van der Waals surface area contributed by atoms with Gasteiger partial charge >= 0.3 is 0 Å². The SMILES string of the molecule is CCC1(CC)CCN(c2ccc(N)c3nonc23)CC1. The summed E-state index contributed by atoms with van der Waals surface area (Å²) in [6.07, 6.45) is 4.99. The van der Waals surface area contributed by atoms with E-state index in [0.29, 0.717) is 16.6 Å². The average Bonchev–Trinajstić information content (AvgIpc) is 2.98. The molecule has 0 saturated carbocycles. The van der Waals surface area contributed by atoms with Crippen LogP contribution in [0.1, 0.15) is 39.5 Å². The number of nitrogen functional groups attached to an aromatic ring is 1. The van der Waals surface area contributed by atoms with Crippen LogP contribution in [0.2, 0.25) is 0 Å². The third-order valence-corrected chi connectivity index (χ3v) is 5.09. The van der Waals surface area contributed by atoms with Crippen molar-refractivity contribution < 1.29 is 4.63 Å². The van der Waals surface area contributed by atoms with Crippen LogP contribution in [-0.4, -0.2) is 23.4 Å². The first kappa shape index (κ1) is 13.2. The number of hydrogen-bond acceptors (Lipinski definition) is 5. The summed E-state index contributed by atoms with van der Waals surface area (Å²) in [5.74, 6) is 0. The Bertz CT molecular complexity index is 593. The van der Waals surface area contributed by atoms with E-state index < -0.39 is 0 Å². The Morgan fingerprint density at radius 2 is 1.80 bits per heavy atom. The molecule has 0 bridgehead atoms. The highest BCUT2D eigenvalue weighted by Crippen LogP contribution is 2.40. The summed E-state index contributed by atoms with van der Waals surface area (Å²) in [4.78, 5) is 2.38. The zero-order valence-electron chi connectivity index (χ0n) is 12.2. The van der Waals surface area contributed by atoms with Gasteiger partial charge in [0.25, 0.3) is 0 Å². The van der Waals surface area contributed by atoms with Gasteiger partial charge in [0.05, 0.1) is 11.4 Å². The van der Waals surface area contributed by atoms with Crippen LogP contribution in [0.3, 0.4) is 0 Å². The lowest BCUT2D eigenvalue weighted by Crippen LogP contribution is -2.39. The van der Waals surface area contributed by atoms with Gasteiger partial charge in [-0.1, -0.05) is 26.7 Å². The minimum atomic E-state index is 0.519. The second-order valence-corrected chi connectivity index (χ2v) is 5.83. The molecular weight excluding hydrogens is 252 g/mol. The van der Waals surface area contributed by atoms with Crippen molar-refractivity contribution in [2.24, 2.45) is 5.41 Å². The summed E-state index contributed by atoms with van der Waals surface area (Å²) < 4.78 is 4.85. The third-order valence-electron chi connectivity index (χ3n) is 5.09. The van der Waals surface area contributed by atoms with Crippen LogP contribution in [0.15, 0.2) is 16.8 Å². The molecule has 20 heavy (non-hydrogen) atoms. The van der Waals surface area contributed by atoms with Crippen molar-refractivity contribution in [3.63, 3.8) is 0 Å². The standard InChI is InChI=1S/C15H22N4O/c1-3-15(4-2)7-9-19(10-8-15)12-6-5-11(16)13-14(12)18-20-17-13/h5-6H,3-4,7-10,16H2,1-2H3. The number of nitrogens with two attached hydrogens (primary N) is 1. The van der Waals surface area contributed by atoms with Crippen molar-refractivity contribution >= 4 is 22.4 Å². The maximum atomic E-state index is 5.90. The van der Waals surface area contributed by atoms with E-state index in [0.717, 1.165) is 24.3 Å². The monoisotopic (exact) mass is 274 g/mol. The first-order chi connectivity index (χ1) is 9.69. The third kappa shape index (κ3) is 2.01. The molecule has 1 aromatic carbocycles. The van der Waals surface area contributed by atoms with Gasteiger partial charge < -0.3 is 10.6 Å². The summed E-state index contributed by atoms with van der Waals surface area (Å²) in [5, 5.41) is 7.92. The van der Waals surface area contributed by atoms with Crippen LogP contribution in [0, 0.1) is 5.41 Å². The summed E-state index contributed by atoms with van der Waals surface area (Å²) in [7, 11) is 0. The van der Waals surface area contributed by atoms with Gasteiger partial charge in [0.1, 0.15) is 0 Å². The van der Waals surface area contributed by atoms with Gasteiger partial charge in [-0.25, -0.2) is 4.63 Å². The largest absolute Gasteiger partial charge is 0.397 e. The van der Waals surface area contributed by atoms with E-state index >= 15 is 0 Å². The van der Waals surface area contributed by atoms with Gasteiger partial charge in [0.15, 0.2) is 11.0 Å². The second-order valence-electron chi connectivity index (χ2n) is 5.83. The Labute approximate surface area is 119 Å². The number of piperidine rings is 1. The van der Waals surface area contributed by atoms with Gasteiger partial charge in [-0.3, -0.25) is 0 Å². The molecule has 0 amide bonds. The molecule has 2 aromatic rings. The number of anilines is 2. The first-order valence-corrected chi connectivity index (χ1v) is 7.45. The summed E-state index contributed by atoms with van der Waals surface area (Å²) in [6.45, 7) is 6.74. The van der Waals surface area contributed by atoms with Crippen molar-refractivity contribution in [3.8, 4) is 0 Å². The van der Waals surface area contributed by atoms with Gasteiger partial charge in [-0.05, 0) is 40.7 Å². The highest BCUT2D eigenvalue weighted by Gasteiger charge is 2.32. The van der Waals surface area contributed by atoms with Crippen LogP contribution >= 0.6 is 0 Å². The normalized spacial score (nSPS) is 18.6. The highest BCUT2D eigenvalue weighted by molar-refractivity contribution is 5.95. The molecule has 1 fully saturated rings. The maximum absolute atomic E-state index is 5.90. The van der Waals surface area contributed by atoms with E-state index in [1.165, 1.54) is 25.7 Å². The fourth-order valence-corrected chi connectivity index (χ4v) is 3.31. The molecule has 2 N–H and O–H groups in total. The van der Waals surface area contributed by atoms with Gasteiger partial charge in [-0.2, -0.15) is 0 Å².